The molecule has 2 atom stereocenters. The lowest BCUT2D eigenvalue weighted by Crippen LogP contribution is -2.43. The van der Waals surface area contributed by atoms with Gasteiger partial charge in [0.25, 0.3) is 0 Å². The third kappa shape index (κ3) is 5.39. The molecule has 0 saturated heterocycles. The highest BCUT2D eigenvalue weighted by Gasteiger charge is 2.30. The fourth-order valence-corrected chi connectivity index (χ4v) is 2.15. The van der Waals surface area contributed by atoms with Crippen LogP contribution in [0.2, 0.25) is 0 Å². The predicted molar refractivity (Wildman–Crippen MR) is 56.3 cm³/mol. The van der Waals surface area contributed by atoms with E-state index in [1.165, 1.54) is 0 Å². The van der Waals surface area contributed by atoms with E-state index in [-0.39, 0.29) is 18.6 Å². The molecule has 100 valence electrons. The van der Waals surface area contributed by atoms with Crippen molar-refractivity contribution in [1.29, 1.82) is 0 Å². The van der Waals surface area contributed by atoms with E-state index in [0.29, 0.717) is 0 Å². The molecule has 1 fully saturated rings. The lowest BCUT2D eigenvalue weighted by Gasteiger charge is -2.30. The van der Waals surface area contributed by atoms with Crippen molar-refractivity contribution in [2.75, 3.05) is 6.61 Å². The molecule has 3 nitrogen and oxygen atoms in total. The Hall–Kier alpha value is -0.780. The molecule has 0 spiro atoms. The predicted octanol–water partition coefficient (Wildman–Crippen LogP) is 2.00. The molecule has 0 aromatic heterocycles. The molecule has 1 rings (SSSR count). The highest BCUT2D eigenvalue weighted by molar-refractivity contribution is 5.76. The molecule has 0 radical (unpaired) electrons. The quantitative estimate of drug-likeness (QED) is 0.805. The van der Waals surface area contributed by atoms with Gasteiger partial charge in [0.1, 0.15) is 0 Å². The third-order valence-electron chi connectivity index (χ3n) is 3.13. The summed E-state index contributed by atoms with van der Waals surface area (Å²) in [5, 5.41) is 11.7. The molecule has 1 aliphatic rings. The van der Waals surface area contributed by atoms with Gasteiger partial charge in [-0.05, 0) is 12.8 Å². The fraction of sp³-hybridized carbons (Fsp3) is 0.909. The Bertz CT molecular complexity index is 256. The molecule has 2 unspecified atom stereocenters. The number of halogens is 3. The van der Waals surface area contributed by atoms with Gasteiger partial charge in [0, 0.05) is 25.0 Å². The lowest BCUT2D eigenvalue weighted by atomic mass is 9.85. The first kappa shape index (κ1) is 14.3. The van der Waals surface area contributed by atoms with Crippen molar-refractivity contribution in [2.24, 2.45) is 5.92 Å². The molecule has 6 heteroatoms. The molecule has 1 amide bonds. The van der Waals surface area contributed by atoms with Gasteiger partial charge in [-0.2, -0.15) is 13.2 Å². The molecule has 0 aromatic rings. The van der Waals surface area contributed by atoms with E-state index in [2.05, 4.69) is 5.32 Å². The monoisotopic (exact) mass is 253 g/mol. The zero-order chi connectivity index (χ0) is 12.9. The summed E-state index contributed by atoms with van der Waals surface area (Å²) in [7, 11) is 0. The van der Waals surface area contributed by atoms with E-state index in [0.717, 1.165) is 25.7 Å². The Morgan fingerprint density at radius 2 is 1.94 bits per heavy atom. The van der Waals surface area contributed by atoms with Gasteiger partial charge >= 0.3 is 6.18 Å². The number of aliphatic hydroxyl groups is 1. The number of hydrogen-bond donors (Lipinski definition) is 2. The first-order valence-electron chi connectivity index (χ1n) is 5.89. The maximum absolute atomic E-state index is 11.9. The Kier molecular flexibility index (Phi) is 5.24. The number of amides is 1. The van der Waals surface area contributed by atoms with Crippen LogP contribution in [0.4, 0.5) is 13.2 Å². The van der Waals surface area contributed by atoms with E-state index in [9.17, 15) is 18.0 Å². The molecule has 17 heavy (non-hydrogen) atoms. The minimum Gasteiger partial charge on any atom is -0.396 e. The summed E-state index contributed by atoms with van der Waals surface area (Å²) in [5.41, 5.74) is 0. The number of aliphatic hydroxyl groups excluding tert-OH is 1. The van der Waals surface area contributed by atoms with E-state index in [1.54, 1.807) is 0 Å². The maximum Gasteiger partial charge on any atom is 0.389 e. The van der Waals surface area contributed by atoms with E-state index >= 15 is 0 Å². The average Bonchev–Trinajstić information content (AvgIpc) is 2.26. The second-order valence-corrected chi connectivity index (χ2v) is 4.52. The highest BCUT2D eigenvalue weighted by Crippen LogP contribution is 2.25. The number of hydrogen-bond acceptors (Lipinski definition) is 2. The van der Waals surface area contributed by atoms with Crippen LogP contribution in [0.5, 0.6) is 0 Å². The van der Waals surface area contributed by atoms with E-state index < -0.39 is 24.9 Å². The van der Waals surface area contributed by atoms with E-state index in [4.69, 9.17) is 5.11 Å². The molecular weight excluding hydrogens is 235 g/mol. The molecule has 0 bridgehead atoms. The second kappa shape index (κ2) is 6.23. The van der Waals surface area contributed by atoms with Crippen molar-refractivity contribution in [3.05, 3.63) is 0 Å². The van der Waals surface area contributed by atoms with Crippen molar-refractivity contribution < 1.29 is 23.1 Å². The van der Waals surface area contributed by atoms with Gasteiger partial charge in [0.15, 0.2) is 0 Å². The third-order valence-corrected chi connectivity index (χ3v) is 3.13. The standard InChI is InChI=1S/C11H18F3NO2/c12-11(13,14)6-5-10(17)15-9-4-2-1-3-8(9)7-16/h8-9,16H,1-7H2,(H,15,17). The van der Waals surface area contributed by atoms with Crippen LogP contribution < -0.4 is 5.32 Å². The van der Waals surface area contributed by atoms with Crippen LogP contribution in [0.15, 0.2) is 0 Å². The number of alkyl halides is 3. The second-order valence-electron chi connectivity index (χ2n) is 4.52. The zero-order valence-corrected chi connectivity index (χ0v) is 9.59. The Balaban J connectivity index is 2.33. The maximum atomic E-state index is 11.9. The zero-order valence-electron chi connectivity index (χ0n) is 9.59. The molecule has 2 N–H and O–H groups in total. The molecule has 0 aliphatic heterocycles. The Morgan fingerprint density at radius 3 is 2.53 bits per heavy atom. The molecule has 1 saturated carbocycles. The van der Waals surface area contributed by atoms with Crippen molar-refractivity contribution >= 4 is 5.91 Å². The summed E-state index contributed by atoms with van der Waals surface area (Å²) in [5.74, 6) is -0.591. The largest absolute Gasteiger partial charge is 0.396 e. The van der Waals surface area contributed by atoms with Crippen LogP contribution in [0.3, 0.4) is 0 Å². The van der Waals surface area contributed by atoms with Crippen LogP contribution in [-0.2, 0) is 4.79 Å². The average molecular weight is 253 g/mol. The van der Waals surface area contributed by atoms with Crippen molar-refractivity contribution in [2.45, 2.75) is 50.7 Å². The van der Waals surface area contributed by atoms with Crippen LogP contribution in [0, 0.1) is 5.92 Å². The SMILES string of the molecule is O=C(CCC(F)(F)F)NC1CCCCC1CO. The van der Waals surface area contributed by atoms with Gasteiger partial charge in [-0.15, -0.1) is 0 Å². The smallest absolute Gasteiger partial charge is 0.389 e. The lowest BCUT2D eigenvalue weighted by molar-refractivity contribution is -0.144. The molecule has 1 aliphatic carbocycles. The van der Waals surface area contributed by atoms with Gasteiger partial charge in [-0.1, -0.05) is 12.8 Å². The number of nitrogens with one attached hydrogen (secondary N) is 1. The van der Waals surface area contributed by atoms with Gasteiger partial charge in [-0.25, -0.2) is 0 Å². The van der Waals surface area contributed by atoms with Gasteiger partial charge < -0.3 is 10.4 Å². The minimum atomic E-state index is -4.29. The Morgan fingerprint density at radius 1 is 1.29 bits per heavy atom. The molecular formula is C11H18F3NO2. The summed E-state index contributed by atoms with van der Waals surface area (Å²) in [6.45, 7) is -0.0236. The first-order valence-corrected chi connectivity index (χ1v) is 5.89. The van der Waals surface area contributed by atoms with Crippen LogP contribution in [0.25, 0.3) is 0 Å². The molecule has 0 heterocycles. The number of rotatable bonds is 4. The van der Waals surface area contributed by atoms with E-state index in [1.807, 2.05) is 0 Å². The number of carbonyl (C=O) groups is 1. The summed E-state index contributed by atoms with van der Waals surface area (Å²) >= 11 is 0. The van der Waals surface area contributed by atoms with Gasteiger partial charge in [-0.3, -0.25) is 4.79 Å². The van der Waals surface area contributed by atoms with Gasteiger partial charge in [0.2, 0.25) is 5.91 Å². The van der Waals surface area contributed by atoms with Crippen LogP contribution >= 0.6 is 0 Å². The van der Waals surface area contributed by atoms with Crippen LogP contribution in [0.1, 0.15) is 38.5 Å². The van der Waals surface area contributed by atoms with Crippen molar-refractivity contribution in [3.8, 4) is 0 Å². The van der Waals surface area contributed by atoms with Crippen LogP contribution in [-0.4, -0.2) is 29.8 Å². The fourth-order valence-electron chi connectivity index (χ4n) is 2.15. The first-order chi connectivity index (χ1) is 7.92. The molecule has 0 aromatic carbocycles. The summed E-state index contributed by atoms with van der Waals surface area (Å²) in [6, 6.07) is -0.172. The van der Waals surface area contributed by atoms with Crippen molar-refractivity contribution in [1.82, 2.24) is 5.32 Å². The minimum absolute atomic E-state index is 0.0152. The Labute approximate surface area is 98.4 Å². The van der Waals surface area contributed by atoms with Gasteiger partial charge in [0.05, 0.1) is 6.42 Å². The number of carbonyl (C=O) groups excluding carboxylic acids is 1. The highest BCUT2D eigenvalue weighted by atomic mass is 19.4. The summed E-state index contributed by atoms with van der Waals surface area (Å²) < 4.78 is 35.8. The van der Waals surface area contributed by atoms with Crippen molar-refractivity contribution in [3.63, 3.8) is 0 Å². The normalized spacial score (nSPS) is 25.6. The summed E-state index contributed by atoms with van der Waals surface area (Å²) in [6.07, 6.45) is -2.40. The topological polar surface area (TPSA) is 49.3 Å². The summed E-state index contributed by atoms with van der Waals surface area (Å²) in [4.78, 5) is 11.3.